The van der Waals surface area contributed by atoms with E-state index in [0.717, 1.165) is 22.3 Å². The first kappa shape index (κ1) is 41.3. The van der Waals surface area contributed by atoms with Gasteiger partial charge in [0.05, 0.1) is 22.5 Å². The van der Waals surface area contributed by atoms with Crippen LogP contribution in [0.15, 0.2) is 166 Å². The fraction of sp³-hybridized carbons (Fsp3) is 0.0800. The predicted molar refractivity (Wildman–Crippen MR) is 249 cm³/mol. The summed E-state index contributed by atoms with van der Waals surface area (Å²) in [6.45, 7) is 4.01. The molecule has 10 nitrogen and oxygen atoms in total. The molecule has 0 bridgehead atoms. The second kappa shape index (κ2) is 18.1. The van der Waals surface area contributed by atoms with Crippen LogP contribution in [-0.2, 0) is 12.8 Å². The Bertz CT molecular complexity index is 2870. The lowest BCUT2D eigenvalue weighted by atomic mass is 10.0. The largest absolute Gasteiger partial charge is 0.505 e. The van der Waals surface area contributed by atoms with E-state index < -0.39 is 11.8 Å². The van der Waals surface area contributed by atoms with Crippen molar-refractivity contribution in [1.29, 1.82) is 0 Å². The molecule has 306 valence electrons. The molecule has 0 saturated carbocycles. The number of amides is 2. The Kier molecular flexibility index (Phi) is 12.0. The van der Waals surface area contributed by atoms with Gasteiger partial charge in [0.15, 0.2) is 11.5 Å². The molecule has 0 unspecified atom stereocenters. The zero-order chi connectivity index (χ0) is 43.3. The number of halogens is 2. The maximum Gasteiger partial charge on any atom is 0.259 e. The van der Waals surface area contributed by atoms with Gasteiger partial charge in [-0.05, 0) is 107 Å². The molecule has 0 atom stereocenters. The molecule has 0 radical (unpaired) electrons. The average molecular weight is 858 g/mol. The standard InChI is InChI=1S/C50H38Cl2N6O4/c1-3-29-13-19-35(51)27-43(29)55-57-45-39-11-7-5-9-33(39)25-41(47(45)59)49(61)53-37-21-15-31(16-22-37)32-17-23-38(24-18-32)54-50(62)42-26-34-10-6-8-12-40(34)46(48(42)60)58-56-44-28-36(52)20-14-30(44)4-2/h5-28,59-60H,3-4H2,1-2H3,(H,53,61)(H,54,62). The van der Waals surface area contributed by atoms with Gasteiger partial charge in [0.1, 0.15) is 11.4 Å². The van der Waals surface area contributed by atoms with Crippen molar-refractivity contribution in [3.8, 4) is 22.6 Å². The molecule has 8 aromatic carbocycles. The summed E-state index contributed by atoms with van der Waals surface area (Å²) in [5.74, 6) is -1.63. The number of azo groups is 2. The summed E-state index contributed by atoms with van der Waals surface area (Å²) in [5, 5.41) is 50.0. The fourth-order valence-electron chi connectivity index (χ4n) is 7.14. The highest BCUT2D eigenvalue weighted by Crippen LogP contribution is 2.42. The Hall–Kier alpha value is -7.40. The molecule has 62 heavy (non-hydrogen) atoms. The lowest BCUT2D eigenvalue weighted by molar-refractivity contribution is 0.101. The number of hydrogen-bond donors (Lipinski definition) is 4. The molecule has 0 heterocycles. The lowest BCUT2D eigenvalue weighted by Gasteiger charge is -2.12. The van der Waals surface area contributed by atoms with Gasteiger partial charge in [0, 0.05) is 32.2 Å². The first-order valence-electron chi connectivity index (χ1n) is 19.8. The molecule has 2 amide bonds. The minimum Gasteiger partial charge on any atom is -0.505 e. The van der Waals surface area contributed by atoms with Crippen LogP contribution >= 0.6 is 23.2 Å². The summed E-state index contributed by atoms with van der Waals surface area (Å²) in [7, 11) is 0. The van der Waals surface area contributed by atoms with Crippen molar-refractivity contribution in [2.45, 2.75) is 26.7 Å². The van der Waals surface area contributed by atoms with Crippen molar-refractivity contribution in [2.75, 3.05) is 10.6 Å². The van der Waals surface area contributed by atoms with Gasteiger partial charge in [-0.3, -0.25) is 9.59 Å². The van der Waals surface area contributed by atoms with E-state index in [-0.39, 0.29) is 34.0 Å². The van der Waals surface area contributed by atoms with Crippen LogP contribution in [0.5, 0.6) is 11.5 Å². The van der Waals surface area contributed by atoms with E-state index in [1.165, 1.54) is 0 Å². The molecule has 0 saturated heterocycles. The smallest absolute Gasteiger partial charge is 0.259 e. The van der Waals surface area contributed by atoms with Crippen LogP contribution in [0.3, 0.4) is 0 Å². The number of nitrogens with zero attached hydrogens (tertiary/aromatic N) is 4. The van der Waals surface area contributed by atoms with Gasteiger partial charge in [-0.1, -0.05) is 122 Å². The van der Waals surface area contributed by atoms with E-state index >= 15 is 0 Å². The number of phenols is 2. The van der Waals surface area contributed by atoms with E-state index in [1.54, 1.807) is 60.7 Å². The number of aryl methyl sites for hydroxylation is 2. The summed E-state index contributed by atoms with van der Waals surface area (Å²) in [6.07, 6.45) is 1.43. The van der Waals surface area contributed by atoms with Crippen LogP contribution in [0.2, 0.25) is 10.0 Å². The molecule has 12 heteroatoms. The minimum atomic E-state index is -0.520. The molecule has 0 aliphatic rings. The van der Waals surface area contributed by atoms with Crippen LogP contribution in [-0.4, -0.2) is 22.0 Å². The van der Waals surface area contributed by atoms with E-state index in [2.05, 4.69) is 31.1 Å². The molecule has 8 aromatic rings. The number of carbonyl (C=O) groups excluding carboxylic acids is 2. The van der Waals surface area contributed by atoms with Gasteiger partial charge < -0.3 is 20.8 Å². The van der Waals surface area contributed by atoms with Crippen molar-refractivity contribution in [3.05, 3.63) is 178 Å². The third-order valence-electron chi connectivity index (χ3n) is 10.5. The number of hydrogen-bond acceptors (Lipinski definition) is 8. The zero-order valence-corrected chi connectivity index (χ0v) is 35.0. The molecule has 0 aliphatic carbocycles. The van der Waals surface area contributed by atoms with Gasteiger partial charge in [-0.2, -0.15) is 10.2 Å². The quantitative estimate of drug-likeness (QED) is 0.0958. The van der Waals surface area contributed by atoms with Gasteiger partial charge in [0.2, 0.25) is 0 Å². The summed E-state index contributed by atoms with van der Waals surface area (Å²) in [5.41, 5.74) is 6.21. The first-order valence-corrected chi connectivity index (χ1v) is 20.6. The van der Waals surface area contributed by atoms with Crippen molar-refractivity contribution in [3.63, 3.8) is 0 Å². The lowest BCUT2D eigenvalue weighted by Crippen LogP contribution is -2.12. The van der Waals surface area contributed by atoms with Gasteiger partial charge >= 0.3 is 0 Å². The third-order valence-corrected chi connectivity index (χ3v) is 10.9. The molecule has 0 spiro atoms. The van der Waals surface area contributed by atoms with Crippen LogP contribution in [0, 0.1) is 0 Å². The molecule has 0 aliphatic heterocycles. The van der Waals surface area contributed by atoms with Crippen LogP contribution in [0.1, 0.15) is 45.7 Å². The van der Waals surface area contributed by atoms with Crippen molar-refractivity contribution in [2.24, 2.45) is 20.5 Å². The number of benzene rings is 8. The van der Waals surface area contributed by atoms with E-state index in [1.807, 2.05) is 98.8 Å². The van der Waals surface area contributed by atoms with Crippen molar-refractivity contribution >= 4 is 90.7 Å². The van der Waals surface area contributed by atoms with E-state index in [9.17, 15) is 19.8 Å². The third kappa shape index (κ3) is 8.74. The highest BCUT2D eigenvalue weighted by Gasteiger charge is 2.21. The van der Waals surface area contributed by atoms with Crippen LogP contribution < -0.4 is 10.6 Å². The van der Waals surface area contributed by atoms with E-state index in [4.69, 9.17) is 23.2 Å². The normalized spacial score (nSPS) is 11.5. The molecule has 4 N–H and O–H groups in total. The summed E-state index contributed by atoms with van der Waals surface area (Å²) in [6, 6.07) is 43.2. The molecule has 8 rings (SSSR count). The Morgan fingerprint density at radius 3 is 1.27 bits per heavy atom. The predicted octanol–water partition coefficient (Wildman–Crippen LogP) is 14.8. The summed E-state index contributed by atoms with van der Waals surface area (Å²) >= 11 is 12.5. The summed E-state index contributed by atoms with van der Waals surface area (Å²) < 4.78 is 0. The van der Waals surface area contributed by atoms with Gasteiger partial charge in [0.25, 0.3) is 11.8 Å². The SMILES string of the molecule is CCc1ccc(Cl)cc1N=Nc1c(O)c(C(=O)Nc2ccc(-c3ccc(NC(=O)c4cc5ccccc5c(N=Nc5cc(Cl)ccc5CC)c4O)cc3)cc2)cc2ccccc12. The number of nitrogens with one attached hydrogen (secondary N) is 2. The van der Waals surface area contributed by atoms with Gasteiger partial charge in [-0.15, -0.1) is 10.2 Å². The molecule has 0 aromatic heterocycles. The number of phenolic OH excluding ortho intramolecular Hbond substituents is 2. The number of fused-ring (bicyclic) bond motifs is 2. The van der Waals surface area contributed by atoms with E-state index in [0.29, 0.717) is 67.2 Å². The highest BCUT2D eigenvalue weighted by molar-refractivity contribution is 6.31. The zero-order valence-electron chi connectivity index (χ0n) is 33.5. The number of rotatable bonds is 11. The second-order valence-electron chi connectivity index (χ2n) is 14.4. The summed E-state index contributed by atoms with van der Waals surface area (Å²) in [4.78, 5) is 27.3. The highest BCUT2D eigenvalue weighted by atomic mass is 35.5. The Morgan fingerprint density at radius 1 is 0.500 bits per heavy atom. The Balaban J connectivity index is 0.981. The Morgan fingerprint density at radius 2 is 0.887 bits per heavy atom. The maximum absolute atomic E-state index is 13.6. The molecule has 0 fully saturated rings. The van der Waals surface area contributed by atoms with Crippen molar-refractivity contribution < 1.29 is 19.8 Å². The van der Waals surface area contributed by atoms with Gasteiger partial charge in [-0.25, -0.2) is 0 Å². The molecular formula is C50H38Cl2N6O4. The maximum atomic E-state index is 13.6. The molecular weight excluding hydrogens is 819 g/mol. The Labute approximate surface area is 367 Å². The first-order chi connectivity index (χ1) is 30.1. The topological polar surface area (TPSA) is 148 Å². The second-order valence-corrected chi connectivity index (χ2v) is 15.3. The fourth-order valence-corrected chi connectivity index (χ4v) is 7.47. The van der Waals surface area contributed by atoms with Crippen molar-refractivity contribution in [1.82, 2.24) is 0 Å². The van der Waals surface area contributed by atoms with Crippen LogP contribution in [0.4, 0.5) is 34.1 Å². The number of anilines is 2. The number of aromatic hydroxyl groups is 2. The van der Waals surface area contributed by atoms with Crippen LogP contribution in [0.25, 0.3) is 32.7 Å². The minimum absolute atomic E-state index is 0.0434. The average Bonchev–Trinajstić information content (AvgIpc) is 3.28. The monoisotopic (exact) mass is 856 g/mol. The number of carbonyl (C=O) groups is 2.